The van der Waals surface area contributed by atoms with Crippen molar-refractivity contribution in [3.63, 3.8) is 0 Å². The standard InChI is InChI=1S/C73H126O6/c1-4-7-10-13-16-19-22-25-28-30-32-34-35-36-37-39-40-42-45-48-51-54-57-60-63-66-72(75)78-69-70(68-77-71(74)65-62-59-56-53-50-47-44-27-24-21-18-15-12-9-6-3)79-73(76)67-64-61-58-55-52-49-46-43-41-38-33-31-29-26-23-20-17-14-11-8-5-2/h8-9,11-12,17-18,20-21,26-27,29,33,38,44,50,53,70H,4-7,10,13-16,19,22-25,28,30-32,34-37,39-43,45-49,51-52,54-69H2,1-3H3/b11-8-,12-9-,20-17-,21-18-,29-26-,38-33-,44-27-,53-50-. The molecule has 0 aromatic rings. The van der Waals surface area contributed by atoms with Crippen molar-refractivity contribution < 1.29 is 28.6 Å². The van der Waals surface area contributed by atoms with Crippen molar-refractivity contribution in [2.24, 2.45) is 0 Å². The summed E-state index contributed by atoms with van der Waals surface area (Å²) in [5.41, 5.74) is 0. The second-order valence-corrected chi connectivity index (χ2v) is 22.3. The van der Waals surface area contributed by atoms with Crippen molar-refractivity contribution >= 4 is 17.9 Å². The topological polar surface area (TPSA) is 78.9 Å². The zero-order valence-electron chi connectivity index (χ0n) is 52.1. The van der Waals surface area contributed by atoms with Crippen LogP contribution in [0.3, 0.4) is 0 Å². The van der Waals surface area contributed by atoms with Gasteiger partial charge in [-0.3, -0.25) is 14.4 Å². The number of allylic oxidation sites excluding steroid dienone is 16. The smallest absolute Gasteiger partial charge is 0.306 e. The number of rotatable bonds is 61. The lowest BCUT2D eigenvalue weighted by Crippen LogP contribution is -2.30. The summed E-state index contributed by atoms with van der Waals surface area (Å²) in [6.45, 7) is 6.41. The number of carbonyl (C=O) groups is 3. The van der Waals surface area contributed by atoms with Crippen molar-refractivity contribution in [1.82, 2.24) is 0 Å². The fourth-order valence-corrected chi connectivity index (χ4v) is 9.60. The molecular formula is C73H126O6. The van der Waals surface area contributed by atoms with E-state index in [9.17, 15) is 14.4 Å². The third-order valence-electron chi connectivity index (χ3n) is 14.6. The normalized spacial score (nSPS) is 12.7. The van der Waals surface area contributed by atoms with Crippen LogP contribution < -0.4 is 0 Å². The number of carbonyl (C=O) groups excluding carboxylic acids is 3. The van der Waals surface area contributed by atoms with E-state index in [2.05, 4.69) is 118 Å². The Morgan fingerprint density at radius 2 is 0.494 bits per heavy atom. The molecule has 0 spiro atoms. The third kappa shape index (κ3) is 65.0. The molecule has 1 unspecified atom stereocenters. The van der Waals surface area contributed by atoms with Gasteiger partial charge in [0.25, 0.3) is 0 Å². The number of hydrogen-bond acceptors (Lipinski definition) is 6. The predicted molar refractivity (Wildman–Crippen MR) is 344 cm³/mol. The molecule has 0 saturated heterocycles. The van der Waals surface area contributed by atoms with E-state index in [0.717, 1.165) is 116 Å². The summed E-state index contributed by atoms with van der Waals surface area (Å²) in [6, 6.07) is 0. The minimum atomic E-state index is -0.800. The molecule has 0 aliphatic rings. The molecule has 0 aliphatic carbocycles. The Balaban J connectivity index is 4.34. The molecule has 1 atom stereocenters. The molecule has 0 heterocycles. The van der Waals surface area contributed by atoms with Crippen LogP contribution in [0.4, 0.5) is 0 Å². The van der Waals surface area contributed by atoms with Crippen molar-refractivity contribution in [3.05, 3.63) is 97.2 Å². The second-order valence-electron chi connectivity index (χ2n) is 22.3. The molecule has 79 heavy (non-hydrogen) atoms. The Bertz CT molecular complexity index is 1540. The lowest BCUT2D eigenvalue weighted by molar-refractivity contribution is -0.167. The zero-order valence-corrected chi connectivity index (χ0v) is 52.1. The minimum absolute atomic E-state index is 0.0919. The van der Waals surface area contributed by atoms with E-state index in [1.807, 2.05) is 0 Å². The van der Waals surface area contributed by atoms with E-state index in [4.69, 9.17) is 14.2 Å². The van der Waals surface area contributed by atoms with Gasteiger partial charge in [-0.05, 0) is 96.3 Å². The SMILES string of the molecule is CC/C=C\C/C=C\C/C=C\C/C=C\CCCCCCCCCCC(=O)OC(COC(=O)CCCC/C=C\C/C=C\C/C=C\C/C=C\CC)COC(=O)CCCCCCCCCCCCCCCCCCCCCCCCCCC. The van der Waals surface area contributed by atoms with Gasteiger partial charge in [-0.15, -0.1) is 0 Å². The van der Waals surface area contributed by atoms with Crippen LogP contribution in [0.1, 0.15) is 329 Å². The molecule has 0 aliphatic heterocycles. The molecule has 0 amide bonds. The average molecular weight is 1100 g/mol. The van der Waals surface area contributed by atoms with Gasteiger partial charge in [0.05, 0.1) is 0 Å². The molecule has 0 N–H and O–H groups in total. The predicted octanol–water partition coefficient (Wildman–Crippen LogP) is 23.2. The van der Waals surface area contributed by atoms with Crippen LogP contribution >= 0.6 is 0 Å². The van der Waals surface area contributed by atoms with Gasteiger partial charge in [-0.25, -0.2) is 0 Å². The van der Waals surface area contributed by atoms with Crippen molar-refractivity contribution in [1.29, 1.82) is 0 Å². The molecule has 0 radical (unpaired) electrons. The van der Waals surface area contributed by atoms with Crippen molar-refractivity contribution in [2.45, 2.75) is 335 Å². The highest BCUT2D eigenvalue weighted by Gasteiger charge is 2.19. The molecule has 0 bridgehead atoms. The van der Waals surface area contributed by atoms with Gasteiger partial charge >= 0.3 is 17.9 Å². The van der Waals surface area contributed by atoms with Crippen molar-refractivity contribution in [3.8, 4) is 0 Å². The summed E-state index contributed by atoms with van der Waals surface area (Å²) in [5.74, 6) is -0.930. The van der Waals surface area contributed by atoms with E-state index >= 15 is 0 Å². The van der Waals surface area contributed by atoms with Crippen LogP contribution in [-0.2, 0) is 28.6 Å². The van der Waals surface area contributed by atoms with Gasteiger partial charge in [0, 0.05) is 19.3 Å². The minimum Gasteiger partial charge on any atom is -0.462 e. The molecule has 0 rings (SSSR count). The molecule has 6 heteroatoms. The summed E-state index contributed by atoms with van der Waals surface area (Å²) < 4.78 is 16.9. The Labute approximate surface area is 489 Å². The molecule has 0 saturated carbocycles. The maximum atomic E-state index is 12.9. The molecular weight excluding hydrogens is 973 g/mol. The number of unbranched alkanes of at least 4 members (excludes halogenated alkanes) is 34. The highest BCUT2D eigenvalue weighted by atomic mass is 16.6. The summed E-state index contributed by atoms with van der Waals surface area (Å²) in [6.07, 6.45) is 90.0. The highest BCUT2D eigenvalue weighted by molar-refractivity contribution is 5.71. The van der Waals surface area contributed by atoms with Crippen molar-refractivity contribution in [2.75, 3.05) is 13.2 Å². The van der Waals surface area contributed by atoms with Crippen LogP contribution in [0.15, 0.2) is 97.2 Å². The lowest BCUT2D eigenvalue weighted by atomic mass is 10.0. The Hall–Kier alpha value is -3.67. The highest BCUT2D eigenvalue weighted by Crippen LogP contribution is 2.17. The summed E-state index contributed by atoms with van der Waals surface area (Å²) in [7, 11) is 0. The first-order valence-electron chi connectivity index (χ1n) is 33.7. The second kappa shape index (κ2) is 66.8. The van der Waals surface area contributed by atoms with Gasteiger partial charge in [0.2, 0.25) is 0 Å². The van der Waals surface area contributed by atoms with Gasteiger partial charge in [0.15, 0.2) is 6.10 Å². The zero-order chi connectivity index (χ0) is 57.1. The average Bonchev–Trinajstić information content (AvgIpc) is 3.45. The molecule has 6 nitrogen and oxygen atoms in total. The van der Waals surface area contributed by atoms with E-state index in [-0.39, 0.29) is 31.1 Å². The first-order valence-corrected chi connectivity index (χ1v) is 33.7. The van der Waals surface area contributed by atoms with Gasteiger partial charge in [0.1, 0.15) is 13.2 Å². The Morgan fingerprint density at radius 3 is 0.797 bits per heavy atom. The lowest BCUT2D eigenvalue weighted by Gasteiger charge is -2.18. The van der Waals surface area contributed by atoms with E-state index in [0.29, 0.717) is 19.3 Å². The molecule has 0 fully saturated rings. The van der Waals surface area contributed by atoms with Crippen LogP contribution in [0.25, 0.3) is 0 Å². The van der Waals surface area contributed by atoms with Gasteiger partial charge in [-0.2, -0.15) is 0 Å². The van der Waals surface area contributed by atoms with Gasteiger partial charge < -0.3 is 14.2 Å². The molecule has 0 aromatic heterocycles. The Morgan fingerprint density at radius 1 is 0.266 bits per heavy atom. The fraction of sp³-hybridized carbons (Fsp3) is 0.740. The fourth-order valence-electron chi connectivity index (χ4n) is 9.60. The van der Waals surface area contributed by atoms with Crippen LogP contribution in [-0.4, -0.2) is 37.2 Å². The number of esters is 3. The van der Waals surface area contributed by atoms with E-state index in [1.54, 1.807) is 0 Å². The monoisotopic (exact) mass is 1100 g/mol. The maximum Gasteiger partial charge on any atom is 0.306 e. The first-order chi connectivity index (χ1) is 39.0. The van der Waals surface area contributed by atoms with Crippen LogP contribution in [0.2, 0.25) is 0 Å². The molecule has 0 aromatic carbocycles. The largest absolute Gasteiger partial charge is 0.462 e. The first kappa shape index (κ1) is 75.3. The van der Waals surface area contributed by atoms with E-state index < -0.39 is 6.10 Å². The van der Waals surface area contributed by atoms with Crippen LogP contribution in [0.5, 0.6) is 0 Å². The summed E-state index contributed by atoms with van der Waals surface area (Å²) in [5, 5.41) is 0. The van der Waals surface area contributed by atoms with Gasteiger partial charge in [-0.1, -0.05) is 311 Å². The molecule has 454 valence electrons. The maximum absolute atomic E-state index is 12.9. The number of hydrogen-bond donors (Lipinski definition) is 0. The summed E-state index contributed by atoms with van der Waals surface area (Å²) in [4.78, 5) is 38.4. The third-order valence-corrected chi connectivity index (χ3v) is 14.6. The van der Waals surface area contributed by atoms with Crippen LogP contribution in [0, 0.1) is 0 Å². The quantitative estimate of drug-likeness (QED) is 0.0261. The summed E-state index contributed by atoms with van der Waals surface area (Å²) >= 11 is 0. The Kier molecular flexibility index (Phi) is 63.7. The number of ether oxygens (including phenoxy) is 3. The van der Waals surface area contributed by atoms with E-state index in [1.165, 1.54) is 173 Å².